The van der Waals surface area contributed by atoms with Crippen LogP contribution in [0.1, 0.15) is 64.7 Å². The first-order valence-electron chi connectivity index (χ1n) is 13.3. The number of carbonyl (C=O) groups excluding carboxylic acids is 3. The van der Waals surface area contributed by atoms with Gasteiger partial charge in [0.25, 0.3) is 0 Å². The average molecular weight is 509 g/mol. The largest absolute Gasteiger partial charge is 0.466 e. The SMILES string of the molecule is CCC=CCC=CCC=CCC=CCC=CCC=CCCC(=O)N[C@H]1CCN(C(=O)C=CC(=O)OC)C1. The zero-order valence-corrected chi connectivity index (χ0v) is 22.5. The van der Waals surface area contributed by atoms with E-state index in [0.717, 1.165) is 44.6 Å². The molecule has 1 rings (SSSR count). The van der Waals surface area contributed by atoms with Gasteiger partial charge in [0, 0.05) is 37.7 Å². The van der Waals surface area contributed by atoms with E-state index in [1.165, 1.54) is 13.2 Å². The van der Waals surface area contributed by atoms with Crippen molar-refractivity contribution in [3.8, 4) is 0 Å². The van der Waals surface area contributed by atoms with Crippen LogP contribution in [-0.2, 0) is 19.1 Å². The number of esters is 1. The summed E-state index contributed by atoms with van der Waals surface area (Å²) in [4.78, 5) is 36.9. The van der Waals surface area contributed by atoms with E-state index in [2.05, 4.69) is 83.8 Å². The summed E-state index contributed by atoms with van der Waals surface area (Å²) in [6.07, 6.45) is 35.9. The summed E-state index contributed by atoms with van der Waals surface area (Å²) < 4.78 is 4.48. The molecule has 0 aliphatic carbocycles. The van der Waals surface area contributed by atoms with E-state index in [1.807, 2.05) is 6.08 Å². The third-order valence-electron chi connectivity index (χ3n) is 5.56. The lowest BCUT2D eigenvalue weighted by Crippen LogP contribution is -2.38. The lowest BCUT2D eigenvalue weighted by Gasteiger charge is -2.15. The second kappa shape index (κ2) is 21.8. The van der Waals surface area contributed by atoms with E-state index in [0.29, 0.717) is 32.4 Å². The molecule has 0 aromatic rings. The summed E-state index contributed by atoms with van der Waals surface area (Å²) in [7, 11) is 1.26. The fourth-order valence-electron chi connectivity index (χ4n) is 3.54. The van der Waals surface area contributed by atoms with Crippen LogP contribution in [0.15, 0.2) is 85.1 Å². The number of hydrogen-bond acceptors (Lipinski definition) is 4. The molecule has 0 bridgehead atoms. The van der Waals surface area contributed by atoms with Crippen LogP contribution in [0.5, 0.6) is 0 Å². The van der Waals surface area contributed by atoms with Gasteiger partial charge in [-0.3, -0.25) is 9.59 Å². The third kappa shape index (κ3) is 17.6. The van der Waals surface area contributed by atoms with E-state index in [1.54, 1.807) is 4.90 Å². The number of rotatable bonds is 17. The van der Waals surface area contributed by atoms with Crippen LogP contribution < -0.4 is 5.32 Å². The molecular weight excluding hydrogens is 464 g/mol. The zero-order valence-electron chi connectivity index (χ0n) is 22.5. The van der Waals surface area contributed by atoms with Crippen molar-refractivity contribution in [1.29, 1.82) is 0 Å². The van der Waals surface area contributed by atoms with Gasteiger partial charge in [-0.2, -0.15) is 0 Å². The van der Waals surface area contributed by atoms with Crippen LogP contribution in [0.2, 0.25) is 0 Å². The maximum Gasteiger partial charge on any atom is 0.330 e. The first kappa shape index (κ1) is 31.6. The number of likely N-dealkylation sites (tertiary alicyclic amines) is 1. The highest BCUT2D eigenvalue weighted by Crippen LogP contribution is 2.10. The second-order valence-corrected chi connectivity index (χ2v) is 8.65. The zero-order chi connectivity index (χ0) is 27.0. The molecule has 0 spiro atoms. The summed E-state index contributed by atoms with van der Waals surface area (Å²) in [5.74, 6) is -0.823. The van der Waals surface area contributed by atoms with Crippen LogP contribution in [-0.4, -0.2) is 48.9 Å². The van der Waals surface area contributed by atoms with Crippen molar-refractivity contribution in [1.82, 2.24) is 10.2 Å². The van der Waals surface area contributed by atoms with Crippen LogP contribution in [0.3, 0.4) is 0 Å². The predicted molar refractivity (Wildman–Crippen MR) is 152 cm³/mol. The van der Waals surface area contributed by atoms with Gasteiger partial charge >= 0.3 is 5.97 Å². The van der Waals surface area contributed by atoms with E-state index in [-0.39, 0.29) is 17.9 Å². The van der Waals surface area contributed by atoms with Crippen molar-refractivity contribution in [3.63, 3.8) is 0 Å². The number of ether oxygens (including phenoxy) is 1. The molecule has 37 heavy (non-hydrogen) atoms. The van der Waals surface area contributed by atoms with Crippen molar-refractivity contribution in [2.45, 2.75) is 70.8 Å². The summed E-state index contributed by atoms with van der Waals surface area (Å²) in [6, 6.07) is -0.0479. The maximum atomic E-state index is 12.2. The van der Waals surface area contributed by atoms with Gasteiger partial charge in [0.1, 0.15) is 0 Å². The Kier molecular flexibility index (Phi) is 18.7. The first-order valence-corrected chi connectivity index (χ1v) is 13.3. The molecule has 1 heterocycles. The van der Waals surface area contributed by atoms with Gasteiger partial charge in [0.2, 0.25) is 11.8 Å². The molecule has 6 heteroatoms. The minimum atomic E-state index is -0.563. The lowest BCUT2D eigenvalue weighted by atomic mass is 10.2. The number of hydrogen-bond donors (Lipinski definition) is 1. The van der Waals surface area contributed by atoms with Gasteiger partial charge < -0.3 is 15.0 Å². The molecule has 6 nitrogen and oxygen atoms in total. The van der Waals surface area contributed by atoms with Gasteiger partial charge in [-0.05, 0) is 51.4 Å². The Labute approximate surface area is 223 Å². The highest BCUT2D eigenvalue weighted by atomic mass is 16.5. The Bertz CT molecular complexity index is 878. The smallest absolute Gasteiger partial charge is 0.330 e. The summed E-state index contributed by atoms with van der Waals surface area (Å²) in [6.45, 7) is 3.16. The van der Waals surface area contributed by atoms with Gasteiger partial charge in [0.15, 0.2) is 0 Å². The van der Waals surface area contributed by atoms with Crippen LogP contribution in [0.25, 0.3) is 0 Å². The van der Waals surface area contributed by atoms with Crippen molar-refractivity contribution in [2.75, 3.05) is 20.2 Å². The minimum Gasteiger partial charge on any atom is -0.466 e. The second-order valence-electron chi connectivity index (χ2n) is 8.65. The Morgan fingerprint density at radius 1 is 0.784 bits per heavy atom. The molecular formula is C31H44N2O4. The monoisotopic (exact) mass is 508 g/mol. The first-order chi connectivity index (χ1) is 18.1. The molecule has 1 aliphatic rings. The standard InChI is InChI=1S/C31H44N2O4/c1-3-4-5-6-7-8-9-10-11-12-13-14-15-16-17-18-19-20-21-22-29(34)32-28-25-26-33(27-28)30(35)23-24-31(36)37-2/h4-5,7-8,10-11,13-14,16-17,19-20,23-24,28H,3,6,9,12,15,18,21-22,25-27H2,1-2H3,(H,32,34)/t28-/m0/s1. The summed E-state index contributed by atoms with van der Waals surface area (Å²) >= 11 is 0. The number of nitrogens with zero attached hydrogens (tertiary/aromatic N) is 1. The average Bonchev–Trinajstić information content (AvgIpc) is 3.36. The van der Waals surface area contributed by atoms with Gasteiger partial charge in [-0.1, -0.05) is 79.8 Å². The molecule has 0 aromatic carbocycles. The van der Waals surface area contributed by atoms with Crippen LogP contribution in [0, 0.1) is 0 Å². The van der Waals surface area contributed by atoms with Gasteiger partial charge in [-0.25, -0.2) is 4.79 Å². The van der Waals surface area contributed by atoms with Crippen molar-refractivity contribution in [3.05, 3.63) is 85.1 Å². The molecule has 1 saturated heterocycles. The van der Waals surface area contributed by atoms with Crippen molar-refractivity contribution in [2.24, 2.45) is 0 Å². The fraction of sp³-hybridized carbons (Fsp3) is 0.452. The minimum absolute atomic E-state index is 0.0102. The van der Waals surface area contributed by atoms with Gasteiger partial charge in [-0.15, -0.1) is 0 Å². The lowest BCUT2D eigenvalue weighted by molar-refractivity contribution is -0.135. The Morgan fingerprint density at radius 2 is 1.30 bits per heavy atom. The molecule has 0 aromatic heterocycles. The number of amides is 2. The maximum absolute atomic E-state index is 12.2. The molecule has 0 radical (unpaired) electrons. The number of carbonyl (C=O) groups is 3. The molecule has 1 atom stereocenters. The van der Waals surface area contributed by atoms with E-state index >= 15 is 0 Å². The molecule has 1 aliphatic heterocycles. The summed E-state index contributed by atoms with van der Waals surface area (Å²) in [5.41, 5.74) is 0. The van der Waals surface area contributed by atoms with Gasteiger partial charge in [0.05, 0.1) is 7.11 Å². The molecule has 1 N–H and O–H groups in total. The van der Waals surface area contributed by atoms with E-state index in [4.69, 9.17) is 0 Å². The topological polar surface area (TPSA) is 75.7 Å². The predicted octanol–water partition coefficient (Wildman–Crippen LogP) is 5.91. The molecule has 1 fully saturated rings. The van der Waals surface area contributed by atoms with E-state index < -0.39 is 5.97 Å². The number of methoxy groups -OCH3 is 1. The fourth-order valence-corrected chi connectivity index (χ4v) is 3.54. The summed E-state index contributed by atoms with van der Waals surface area (Å²) in [5, 5.41) is 2.98. The number of nitrogens with one attached hydrogen (secondary N) is 1. The van der Waals surface area contributed by atoms with Crippen molar-refractivity contribution < 1.29 is 19.1 Å². The highest BCUT2D eigenvalue weighted by Gasteiger charge is 2.26. The molecule has 0 unspecified atom stereocenters. The number of allylic oxidation sites excluding steroid dienone is 12. The Morgan fingerprint density at radius 3 is 1.81 bits per heavy atom. The van der Waals surface area contributed by atoms with E-state index in [9.17, 15) is 14.4 Å². The molecule has 2 amide bonds. The van der Waals surface area contributed by atoms with Crippen LogP contribution >= 0.6 is 0 Å². The highest BCUT2D eigenvalue weighted by molar-refractivity contribution is 5.94. The van der Waals surface area contributed by atoms with Crippen LogP contribution in [0.4, 0.5) is 0 Å². The van der Waals surface area contributed by atoms with Crippen molar-refractivity contribution >= 4 is 17.8 Å². The normalized spacial score (nSPS) is 16.7. The quantitative estimate of drug-likeness (QED) is 0.151. The Balaban J connectivity index is 2.06. The third-order valence-corrected chi connectivity index (χ3v) is 5.56. The molecule has 0 saturated carbocycles. The molecule has 202 valence electrons. The Hall–Kier alpha value is -3.41.